The number of fused-ring (bicyclic) bond motifs is 1. The Bertz CT molecular complexity index is 132. The first kappa shape index (κ1) is 4.60. The summed E-state index contributed by atoms with van der Waals surface area (Å²) >= 11 is 0. The third kappa shape index (κ3) is 0.460. The second-order valence-corrected chi connectivity index (χ2v) is 3.46. The van der Waals surface area contributed by atoms with Crippen LogP contribution in [0, 0.1) is 5.41 Å². The van der Waals surface area contributed by atoms with Crippen molar-refractivity contribution in [1.29, 1.82) is 0 Å². The summed E-state index contributed by atoms with van der Waals surface area (Å²) in [7, 11) is 0. The molecule has 2 bridgehead atoms. The number of hydrogen-bond donors (Lipinski definition) is 0. The molecule has 0 heteroatoms. The van der Waals surface area contributed by atoms with Crippen molar-refractivity contribution < 1.29 is 0 Å². The van der Waals surface area contributed by atoms with E-state index in [0.29, 0.717) is 5.41 Å². The van der Waals surface area contributed by atoms with E-state index in [1.807, 2.05) is 0 Å². The minimum Gasteiger partial charge on any atom is -0.0794 e. The Morgan fingerprint density at radius 3 is 2.12 bits per heavy atom. The van der Waals surface area contributed by atoms with E-state index in [4.69, 9.17) is 0 Å². The highest BCUT2D eigenvalue weighted by molar-refractivity contribution is 5.22. The second-order valence-electron chi connectivity index (χ2n) is 3.46. The van der Waals surface area contributed by atoms with Gasteiger partial charge < -0.3 is 0 Å². The van der Waals surface area contributed by atoms with Gasteiger partial charge in [0.05, 0.1) is 0 Å². The van der Waals surface area contributed by atoms with Crippen molar-refractivity contribution in [2.24, 2.45) is 5.41 Å². The number of allylic oxidation sites excluding steroid dienone is 2. The highest BCUT2D eigenvalue weighted by Crippen LogP contribution is 2.47. The summed E-state index contributed by atoms with van der Waals surface area (Å²) in [5.41, 5.74) is 2.38. The van der Waals surface area contributed by atoms with Crippen LogP contribution in [-0.4, -0.2) is 0 Å². The molecular formula is C8H12. The highest BCUT2D eigenvalue weighted by Gasteiger charge is 2.33. The number of rotatable bonds is 0. The molecule has 2 aliphatic carbocycles. The summed E-state index contributed by atoms with van der Waals surface area (Å²) in [6.07, 6.45) is 8.16. The van der Waals surface area contributed by atoms with E-state index in [-0.39, 0.29) is 0 Å². The van der Waals surface area contributed by atoms with Crippen LogP contribution >= 0.6 is 0 Å². The lowest BCUT2D eigenvalue weighted by atomic mass is 9.85. The van der Waals surface area contributed by atoms with Gasteiger partial charge in [-0.3, -0.25) is 0 Å². The molecular weight excluding hydrogens is 96.1 g/mol. The van der Waals surface area contributed by atoms with E-state index in [1.54, 1.807) is 5.57 Å². The van der Waals surface area contributed by atoms with Gasteiger partial charge in [-0.25, -0.2) is 0 Å². The van der Waals surface area contributed by atoms with Gasteiger partial charge in [0.1, 0.15) is 0 Å². The van der Waals surface area contributed by atoms with Gasteiger partial charge >= 0.3 is 0 Å². The van der Waals surface area contributed by atoms with Crippen molar-refractivity contribution in [3.05, 3.63) is 11.6 Å². The SMILES string of the molecule is CC12C=C(CC1)CC2. The standard InChI is InChI=1S/C8H12/c1-8-4-2-7(6-8)3-5-8/h6H,2-5H2,1H3. The van der Waals surface area contributed by atoms with Crippen LogP contribution in [0.1, 0.15) is 32.6 Å². The molecule has 0 nitrogen and oxygen atoms in total. The van der Waals surface area contributed by atoms with Crippen LogP contribution in [0.4, 0.5) is 0 Å². The lowest BCUT2D eigenvalue weighted by Gasteiger charge is -2.20. The zero-order valence-electron chi connectivity index (χ0n) is 5.41. The van der Waals surface area contributed by atoms with Crippen molar-refractivity contribution in [1.82, 2.24) is 0 Å². The van der Waals surface area contributed by atoms with Crippen molar-refractivity contribution in [2.45, 2.75) is 32.6 Å². The van der Waals surface area contributed by atoms with Crippen molar-refractivity contribution >= 4 is 0 Å². The lowest BCUT2D eigenvalue weighted by molar-refractivity contribution is 0.375. The van der Waals surface area contributed by atoms with Crippen LogP contribution in [0.25, 0.3) is 0 Å². The summed E-state index contributed by atoms with van der Waals surface area (Å²) in [5.74, 6) is 0. The molecule has 0 saturated heterocycles. The summed E-state index contributed by atoms with van der Waals surface area (Å²) in [4.78, 5) is 0. The van der Waals surface area contributed by atoms with E-state index < -0.39 is 0 Å². The monoisotopic (exact) mass is 108 g/mol. The Labute approximate surface area is 50.6 Å². The Kier molecular flexibility index (Phi) is 0.677. The first-order valence-electron chi connectivity index (χ1n) is 3.49. The fourth-order valence-electron chi connectivity index (χ4n) is 1.92. The molecule has 2 rings (SSSR count). The van der Waals surface area contributed by atoms with E-state index in [9.17, 15) is 0 Å². The van der Waals surface area contributed by atoms with Crippen molar-refractivity contribution in [2.75, 3.05) is 0 Å². The van der Waals surface area contributed by atoms with Crippen LogP contribution in [-0.2, 0) is 0 Å². The fraction of sp³-hybridized carbons (Fsp3) is 0.750. The zero-order valence-corrected chi connectivity index (χ0v) is 5.41. The van der Waals surface area contributed by atoms with Crippen LogP contribution < -0.4 is 0 Å². The molecule has 0 atom stereocenters. The average molecular weight is 108 g/mol. The molecule has 0 radical (unpaired) electrons. The largest absolute Gasteiger partial charge is 0.0794 e. The van der Waals surface area contributed by atoms with Gasteiger partial charge in [-0.15, -0.1) is 0 Å². The number of hydrogen-bond acceptors (Lipinski definition) is 0. The van der Waals surface area contributed by atoms with E-state index in [1.165, 1.54) is 25.7 Å². The Balaban J connectivity index is 2.33. The van der Waals surface area contributed by atoms with Gasteiger partial charge in [-0.2, -0.15) is 0 Å². The normalized spacial score (nSPS) is 30.9. The maximum Gasteiger partial charge on any atom is -0.0138 e. The third-order valence-corrected chi connectivity index (χ3v) is 2.59. The molecule has 2 aliphatic rings. The minimum atomic E-state index is 0.648. The van der Waals surface area contributed by atoms with Gasteiger partial charge in [0.15, 0.2) is 0 Å². The molecule has 0 saturated carbocycles. The second kappa shape index (κ2) is 1.18. The average Bonchev–Trinajstić information content (AvgIpc) is 2.21. The Hall–Kier alpha value is -0.260. The molecule has 0 amide bonds. The van der Waals surface area contributed by atoms with E-state index in [0.717, 1.165) is 0 Å². The quantitative estimate of drug-likeness (QED) is 0.418. The molecule has 0 fully saturated rings. The van der Waals surface area contributed by atoms with Crippen LogP contribution in [0.5, 0.6) is 0 Å². The van der Waals surface area contributed by atoms with E-state index in [2.05, 4.69) is 13.0 Å². The maximum atomic E-state index is 2.49. The molecule has 0 aromatic heterocycles. The minimum absolute atomic E-state index is 0.648. The predicted molar refractivity (Wildman–Crippen MR) is 34.7 cm³/mol. The summed E-state index contributed by atoms with van der Waals surface area (Å²) in [5, 5.41) is 0. The molecule has 0 aromatic carbocycles. The summed E-state index contributed by atoms with van der Waals surface area (Å²) in [6.45, 7) is 2.38. The smallest absolute Gasteiger partial charge is 0.0138 e. The molecule has 0 aliphatic heterocycles. The van der Waals surface area contributed by atoms with Gasteiger partial charge in [0, 0.05) is 0 Å². The van der Waals surface area contributed by atoms with Gasteiger partial charge in [-0.05, 0) is 31.1 Å². The topological polar surface area (TPSA) is 0 Å². The lowest BCUT2D eigenvalue weighted by Crippen LogP contribution is -2.07. The maximum absolute atomic E-state index is 2.49. The summed E-state index contributed by atoms with van der Waals surface area (Å²) < 4.78 is 0. The molecule has 0 heterocycles. The van der Waals surface area contributed by atoms with Gasteiger partial charge in [0.2, 0.25) is 0 Å². The predicted octanol–water partition coefficient (Wildman–Crippen LogP) is 2.51. The Morgan fingerprint density at radius 1 is 1.38 bits per heavy atom. The fourth-order valence-corrected chi connectivity index (χ4v) is 1.92. The molecule has 44 valence electrons. The molecule has 0 aromatic rings. The van der Waals surface area contributed by atoms with Gasteiger partial charge in [0.25, 0.3) is 0 Å². The van der Waals surface area contributed by atoms with Gasteiger partial charge in [-0.1, -0.05) is 18.6 Å². The summed E-state index contributed by atoms with van der Waals surface area (Å²) in [6, 6.07) is 0. The van der Waals surface area contributed by atoms with Crippen LogP contribution in [0.2, 0.25) is 0 Å². The first-order valence-corrected chi connectivity index (χ1v) is 3.49. The van der Waals surface area contributed by atoms with Crippen molar-refractivity contribution in [3.63, 3.8) is 0 Å². The van der Waals surface area contributed by atoms with Crippen molar-refractivity contribution in [3.8, 4) is 0 Å². The van der Waals surface area contributed by atoms with Crippen LogP contribution in [0.3, 0.4) is 0 Å². The third-order valence-electron chi connectivity index (χ3n) is 2.59. The van der Waals surface area contributed by atoms with Crippen LogP contribution in [0.15, 0.2) is 11.6 Å². The molecule has 0 spiro atoms. The molecule has 8 heavy (non-hydrogen) atoms. The molecule has 0 N–H and O–H groups in total. The van der Waals surface area contributed by atoms with E-state index >= 15 is 0 Å². The highest BCUT2D eigenvalue weighted by atomic mass is 14.4. The zero-order chi connectivity index (χ0) is 5.61. The molecule has 0 unspecified atom stereocenters. The Morgan fingerprint density at radius 2 is 2.00 bits per heavy atom. The first-order chi connectivity index (χ1) is 3.79.